The molecule has 0 bridgehead atoms. The Morgan fingerprint density at radius 1 is 0.719 bits per heavy atom. The van der Waals surface area contributed by atoms with Crippen LogP contribution in [0.25, 0.3) is 0 Å². The number of benzene rings is 3. The summed E-state index contributed by atoms with van der Waals surface area (Å²) >= 11 is 5.93. The highest BCUT2D eigenvalue weighted by Gasteiger charge is 2.30. The minimum Gasteiger partial charge on any atom is -0.322 e. The number of rotatable bonds is 4. The molecule has 164 valence electrons. The lowest BCUT2D eigenvalue weighted by Crippen LogP contribution is -2.41. The number of hydrogen-bond donors (Lipinski definition) is 3. The molecule has 10 heteroatoms. The predicted molar refractivity (Wildman–Crippen MR) is 112 cm³/mol. The first kappa shape index (κ1) is 22.8. The Morgan fingerprint density at radius 2 is 1.34 bits per heavy atom. The summed E-state index contributed by atoms with van der Waals surface area (Å²) in [6.07, 6.45) is -4.58. The van der Waals surface area contributed by atoms with E-state index in [1.165, 1.54) is 42.5 Å². The Balaban J connectivity index is 1.66. The van der Waals surface area contributed by atoms with Crippen molar-refractivity contribution in [2.24, 2.45) is 0 Å². The Hall–Kier alpha value is -3.85. The first-order valence-corrected chi connectivity index (χ1v) is 9.47. The lowest BCUT2D eigenvalue weighted by Gasteiger charge is -2.11. The third-order valence-corrected chi connectivity index (χ3v) is 4.57. The average molecular weight is 462 g/mol. The van der Waals surface area contributed by atoms with Crippen LogP contribution in [0.5, 0.6) is 0 Å². The van der Waals surface area contributed by atoms with E-state index in [-0.39, 0.29) is 27.4 Å². The number of hydrogen-bond acceptors (Lipinski definition) is 3. The van der Waals surface area contributed by atoms with E-state index in [0.717, 1.165) is 18.2 Å². The number of amides is 3. The molecule has 0 unspecified atom stereocenters. The summed E-state index contributed by atoms with van der Waals surface area (Å²) in [6.45, 7) is 0. The maximum atomic E-state index is 12.8. The van der Waals surface area contributed by atoms with Gasteiger partial charge in [0.2, 0.25) is 0 Å². The topological polar surface area (TPSA) is 87.3 Å². The largest absolute Gasteiger partial charge is 0.416 e. The maximum absolute atomic E-state index is 12.8. The van der Waals surface area contributed by atoms with Crippen molar-refractivity contribution in [3.63, 3.8) is 0 Å². The minimum atomic E-state index is -4.58. The fourth-order valence-electron chi connectivity index (χ4n) is 2.68. The first-order valence-electron chi connectivity index (χ1n) is 9.09. The van der Waals surface area contributed by atoms with E-state index >= 15 is 0 Å². The highest BCUT2D eigenvalue weighted by Crippen LogP contribution is 2.29. The van der Waals surface area contributed by atoms with Gasteiger partial charge in [-0.25, -0.2) is 0 Å². The van der Waals surface area contributed by atoms with Crippen molar-refractivity contribution in [1.82, 2.24) is 10.9 Å². The van der Waals surface area contributed by atoms with E-state index in [4.69, 9.17) is 11.6 Å². The highest BCUT2D eigenvalue weighted by atomic mass is 35.5. The normalized spacial score (nSPS) is 10.9. The summed E-state index contributed by atoms with van der Waals surface area (Å²) in [5, 5.41) is 2.65. The SMILES string of the molecule is O=C(NNC(=O)c1ccccc1Cl)c1cccc(NC(=O)c2cccc(C(F)(F)F)c2)c1. The van der Waals surface area contributed by atoms with Crippen molar-refractivity contribution in [3.8, 4) is 0 Å². The summed E-state index contributed by atoms with van der Waals surface area (Å²) in [5.74, 6) is -2.08. The van der Waals surface area contributed by atoms with Crippen LogP contribution in [0.4, 0.5) is 18.9 Å². The van der Waals surface area contributed by atoms with E-state index in [1.54, 1.807) is 12.1 Å². The van der Waals surface area contributed by atoms with Gasteiger partial charge in [-0.1, -0.05) is 35.9 Å². The molecule has 6 nitrogen and oxygen atoms in total. The summed E-state index contributed by atoms with van der Waals surface area (Å²) in [5.41, 5.74) is 3.74. The summed E-state index contributed by atoms with van der Waals surface area (Å²) in [7, 11) is 0. The van der Waals surface area contributed by atoms with Gasteiger partial charge in [0.05, 0.1) is 16.1 Å². The third kappa shape index (κ3) is 5.64. The van der Waals surface area contributed by atoms with Crippen LogP contribution in [0, 0.1) is 0 Å². The van der Waals surface area contributed by atoms with E-state index in [1.807, 2.05) is 0 Å². The van der Waals surface area contributed by atoms with Crippen LogP contribution in [-0.4, -0.2) is 17.7 Å². The van der Waals surface area contributed by atoms with Crippen molar-refractivity contribution in [2.45, 2.75) is 6.18 Å². The fourth-order valence-corrected chi connectivity index (χ4v) is 2.90. The lowest BCUT2D eigenvalue weighted by molar-refractivity contribution is -0.137. The second kappa shape index (κ2) is 9.52. The van der Waals surface area contributed by atoms with Gasteiger partial charge in [0.1, 0.15) is 0 Å². The molecule has 3 rings (SSSR count). The number of carbonyl (C=O) groups excluding carboxylic acids is 3. The van der Waals surface area contributed by atoms with Crippen LogP contribution >= 0.6 is 11.6 Å². The number of carbonyl (C=O) groups is 3. The van der Waals surface area contributed by atoms with Crippen molar-refractivity contribution in [2.75, 3.05) is 5.32 Å². The zero-order valence-electron chi connectivity index (χ0n) is 16.2. The number of nitrogens with one attached hydrogen (secondary N) is 3. The van der Waals surface area contributed by atoms with Crippen molar-refractivity contribution >= 4 is 35.0 Å². The Labute approximate surface area is 185 Å². The summed E-state index contributed by atoms with van der Waals surface area (Å²) in [6, 6.07) is 15.9. The predicted octanol–water partition coefficient (Wildman–Crippen LogP) is 4.69. The van der Waals surface area contributed by atoms with Gasteiger partial charge >= 0.3 is 6.18 Å². The second-order valence-corrected chi connectivity index (χ2v) is 6.91. The minimum absolute atomic E-state index is 0.0892. The third-order valence-electron chi connectivity index (χ3n) is 4.24. The van der Waals surface area contributed by atoms with Gasteiger partial charge in [-0.15, -0.1) is 0 Å². The van der Waals surface area contributed by atoms with Crippen LogP contribution in [0.15, 0.2) is 72.8 Å². The van der Waals surface area contributed by atoms with Crippen LogP contribution in [0.1, 0.15) is 36.6 Å². The molecule has 0 saturated heterocycles. The fraction of sp³-hybridized carbons (Fsp3) is 0.0455. The van der Waals surface area contributed by atoms with Gasteiger partial charge in [-0.3, -0.25) is 25.2 Å². The van der Waals surface area contributed by atoms with Gasteiger partial charge < -0.3 is 5.32 Å². The molecule has 0 radical (unpaired) electrons. The average Bonchev–Trinajstić information content (AvgIpc) is 2.77. The van der Waals surface area contributed by atoms with E-state index < -0.39 is 29.5 Å². The monoisotopic (exact) mass is 461 g/mol. The van der Waals surface area contributed by atoms with E-state index in [9.17, 15) is 27.6 Å². The molecule has 3 N–H and O–H groups in total. The quantitative estimate of drug-likeness (QED) is 0.493. The molecule has 0 atom stereocenters. The smallest absolute Gasteiger partial charge is 0.322 e. The molecule has 0 saturated carbocycles. The highest BCUT2D eigenvalue weighted by molar-refractivity contribution is 6.33. The number of anilines is 1. The molecule has 0 heterocycles. The molecule has 3 amide bonds. The van der Waals surface area contributed by atoms with Gasteiger partial charge in [0.15, 0.2) is 0 Å². The molecule has 0 aliphatic heterocycles. The van der Waals surface area contributed by atoms with Crippen LogP contribution in [-0.2, 0) is 6.18 Å². The number of halogens is 4. The molecule has 0 aromatic heterocycles. The van der Waals surface area contributed by atoms with Crippen LogP contribution in [0.3, 0.4) is 0 Å². The van der Waals surface area contributed by atoms with E-state index in [2.05, 4.69) is 16.2 Å². The van der Waals surface area contributed by atoms with Gasteiger partial charge in [-0.2, -0.15) is 13.2 Å². The number of hydrazine groups is 1. The molecule has 0 aliphatic carbocycles. The van der Waals surface area contributed by atoms with Crippen LogP contribution in [0.2, 0.25) is 5.02 Å². The van der Waals surface area contributed by atoms with Crippen LogP contribution < -0.4 is 16.2 Å². The zero-order valence-corrected chi connectivity index (χ0v) is 16.9. The Morgan fingerprint density at radius 3 is 2.03 bits per heavy atom. The maximum Gasteiger partial charge on any atom is 0.416 e. The first-order chi connectivity index (χ1) is 15.1. The molecule has 3 aromatic carbocycles. The molecule has 0 aliphatic rings. The summed E-state index contributed by atoms with van der Waals surface area (Å²) in [4.78, 5) is 36.8. The van der Waals surface area contributed by atoms with Gasteiger partial charge in [0, 0.05) is 16.8 Å². The number of alkyl halides is 3. The Bertz CT molecular complexity index is 1180. The van der Waals surface area contributed by atoms with Crippen molar-refractivity contribution < 1.29 is 27.6 Å². The molecule has 32 heavy (non-hydrogen) atoms. The van der Waals surface area contributed by atoms with Crippen molar-refractivity contribution in [1.29, 1.82) is 0 Å². The molecule has 3 aromatic rings. The van der Waals surface area contributed by atoms with Gasteiger partial charge in [0.25, 0.3) is 17.7 Å². The molecular formula is C22H15ClF3N3O3. The summed E-state index contributed by atoms with van der Waals surface area (Å²) < 4.78 is 38.5. The van der Waals surface area contributed by atoms with E-state index in [0.29, 0.717) is 0 Å². The molecule has 0 spiro atoms. The molecular weight excluding hydrogens is 447 g/mol. The zero-order chi connectivity index (χ0) is 23.3. The van der Waals surface area contributed by atoms with Gasteiger partial charge in [-0.05, 0) is 48.5 Å². The van der Waals surface area contributed by atoms with Crippen molar-refractivity contribution in [3.05, 3.63) is 100 Å². The lowest BCUT2D eigenvalue weighted by atomic mass is 10.1. The second-order valence-electron chi connectivity index (χ2n) is 6.50. The molecule has 0 fully saturated rings. The Kier molecular flexibility index (Phi) is 6.79. The standard InChI is InChI=1S/C22H15ClF3N3O3/c23-18-10-2-1-9-17(18)21(32)29-28-20(31)14-6-4-8-16(12-14)27-19(30)13-5-3-7-15(11-13)22(24,25)26/h1-12H,(H,27,30)(H,28,31)(H,29,32).